The van der Waals surface area contributed by atoms with E-state index in [1.54, 1.807) is 6.07 Å². The van der Waals surface area contributed by atoms with Crippen molar-refractivity contribution >= 4 is 24.2 Å². The van der Waals surface area contributed by atoms with E-state index in [1.807, 2.05) is 27.7 Å². The smallest absolute Gasteiger partial charge is 0.468 e. The molecule has 39 heavy (non-hydrogen) atoms. The second-order valence-corrected chi connectivity index (χ2v) is 9.06. The summed E-state index contributed by atoms with van der Waals surface area (Å²) in [6.45, 7) is 8.59. The second-order valence-electron chi connectivity index (χ2n) is 9.06. The fraction of sp³-hybridized carbons (Fsp3) is 0.643. The minimum Gasteiger partial charge on any atom is -0.468 e. The van der Waals surface area contributed by atoms with Gasteiger partial charge in [0.2, 0.25) is 0 Å². The lowest BCUT2D eigenvalue weighted by Gasteiger charge is -2.18. The average Bonchev–Trinajstić information content (AvgIpc) is 2.91. The van der Waals surface area contributed by atoms with Crippen LogP contribution in [0.2, 0.25) is 0 Å². The van der Waals surface area contributed by atoms with E-state index in [1.165, 1.54) is 19.2 Å². The first-order chi connectivity index (χ1) is 18.7. The number of carbonyl (C=O) groups excluding carboxylic acids is 4. The first-order valence-corrected chi connectivity index (χ1v) is 13.5. The van der Waals surface area contributed by atoms with Crippen molar-refractivity contribution in [2.75, 3.05) is 33.5 Å². The molecule has 0 amide bonds. The summed E-state index contributed by atoms with van der Waals surface area (Å²) in [4.78, 5) is 48.6. The molecule has 1 aromatic carbocycles. The summed E-state index contributed by atoms with van der Waals surface area (Å²) in [7, 11) is 1.27. The molecule has 1 N–H and O–H groups in total. The molecule has 1 unspecified atom stereocenters. The number of hydrogen-bond acceptors (Lipinski definition) is 11. The van der Waals surface area contributed by atoms with E-state index in [-0.39, 0.29) is 56.2 Å². The Morgan fingerprint density at radius 3 is 2.03 bits per heavy atom. The third kappa shape index (κ3) is 14.4. The normalized spacial score (nSPS) is 12.1. The maximum absolute atomic E-state index is 12.4. The van der Waals surface area contributed by atoms with Crippen LogP contribution < -0.4 is 14.8 Å². The third-order valence-electron chi connectivity index (χ3n) is 5.72. The van der Waals surface area contributed by atoms with E-state index in [0.717, 1.165) is 19.3 Å². The molecule has 0 saturated heterocycles. The summed E-state index contributed by atoms with van der Waals surface area (Å²) in [6.07, 6.45) is 2.50. The molecule has 0 aliphatic rings. The second kappa shape index (κ2) is 19.7. The molecule has 0 aliphatic heterocycles. The zero-order chi connectivity index (χ0) is 29.0. The zero-order valence-electron chi connectivity index (χ0n) is 23.7. The number of methoxy groups -OCH3 is 1. The molecule has 0 saturated carbocycles. The van der Waals surface area contributed by atoms with Crippen LogP contribution in [0.25, 0.3) is 0 Å². The Morgan fingerprint density at radius 2 is 1.46 bits per heavy atom. The summed E-state index contributed by atoms with van der Waals surface area (Å²) < 4.78 is 30.8. The van der Waals surface area contributed by atoms with Gasteiger partial charge in [0.1, 0.15) is 12.6 Å². The van der Waals surface area contributed by atoms with Crippen LogP contribution in [-0.4, -0.2) is 63.8 Å². The Balaban J connectivity index is 2.93. The lowest BCUT2D eigenvalue weighted by molar-refractivity contribution is -0.144. The molecule has 1 rings (SSSR count). The van der Waals surface area contributed by atoms with E-state index >= 15 is 0 Å². The van der Waals surface area contributed by atoms with Gasteiger partial charge in [-0.25, -0.2) is 9.59 Å². The number of hydrogen-bond donors (Lipinski definition) is 1. The molecule has 0 aromatic heterocycles. The maximum Gasteiger partial charge on any atom is 0.513 e. The van der Waals surface area contributed by atoms with Crippen molar-refractivity contribution in [3.63, 3.8) is 0 Å². The minimum atomic E-state index is -0.952. The Morgan fingerprint density at radius 1 is 0.846 bits per heavy atom. The van der Waals surface area contributed by atoms with Crippen molar-refractivity contribution in [3.05, 3.63) is 23.8 Å². The van der Waals surface area contributed by atoms with Crippen LogP contribution in [0.1, 0.15) is 71.8 Å². The highest BCUT2D eigenvalue weighted by atomic mass is 16.7. The summed E-state index contributed by atoms with van der Waals surface area (Å²) in [5.74, 6) is -0.689. The van der Waals surface area contributed by atoms with E-state index in [4.69, 9.17) is 28.4 Å². The Labute approximate surface area is 230 Å². The number of nitrogens with one attached hydrogen (secondary N) is 1. The minimum absolute atomic E-state index is 0.0384. The van der Waals surface area contributed by atoms with Gasteiger partial charge in [0.25, 0.3) is 0 Å². The van der Waals surface area contributed by atoms with Gasteiger partial charge in [0, 0.05) is 13.0 Å². The molecule has 0 bridgehead atoms. The van der Waals surface area contributed by atoms with Gasteiger partial charge in [0.15, 0.2) is 11.5 Å². The van der Waals surface area contributed by atoms with Crippen molar-refractivity contribution in [1.82, 2.24) is 5.32 Å². The van der Waals surface area contributed by atoms with Gasteiger partial charge >= 0.3 is 24.2 Å². The van der Waals surface area contributed by atoms with Gasteiger partial charge in [-0.2, -0.15) is 0 Å². The highest BCUT2D eigenvalue weighted by Crippen LogP contribution is 2.30. The topological polar surface area (TPSA) is 136 Å². The highest BCUT2D eigenvalue weighted by molar-refractivity contribution is 5.76. The predicted octanol–water partition coefficient (Wildman–Crippen LogP) is 4.97. The Hall–Kier alpha value is -3.34. The molecule has 11 heteroatoms. The lowest BCUT2D eigenvalue weighted by Crippen LogP contribution is -2.41. The first-order valence-electron chi connectivity index (χ1n) is 13.5. The van der Waals surface area contributed by atoms with Crippen LogP contribution >= 0.6 is 0 Å². The maximum atomic E-state index is 12.4. The predicted molar refractivity (Wildman–Crippen MR) is 143 cm³/mol. The summed E-state index contributed by atoms with van der Waals surface area (Å²) >= 11 is 0. The molecule has 2 atom stereocenters. The van der Waals surface area contributed by atoms with Gasteiger partial charge in [-0.1, -0.05) is 53.0 Å². The molecular weight excluding hydrogens is 510 g/mol. The van der Waals surface area contributed by atoms with Crippen LogP contribution in [0, 0.1) is 5.92 Å². The molecule has 0 spiro atoms. The molecule has 11 nitrogen and oxygen atoms in total. The monoisotopic (exact) mass is 553 g/mol. The van der Waals surface area contributed by atoms with Gasteiger partial charge in [-0.15, -0.1) is 0 Å². The largest absolute Gasteiger partial charge is 0.513 e. The van der Waals surface area contributed by atoms with E-state index < -0.39 is 24.3 Å². The zero-order valence-corrected chi connectivity index (χ0v) is 23.7. The molecule has 1 aromatic rings. The summed E-state index contributed by atoms with van der Waals surface area (Å²) in [5.41, 5.74) is 0.578. The van der Waals surface area contributed by atoms with Crippen LogP contribution in [-0.2, 0) is 35.0 Å². The van der Waals surface area contributed by atoms with Crippen molar-refractivity contribution in [1.29, 1.82) is 0 Å². The van der Waals surface area contributed by atoms with Crippen molar-refractivity contribution < 1.29 is 47.6 Å². The number of carbonyl (C=O) groups is 4. The van der Waals surface area contributed by atoms with Crippen molar-refractivity contribution in [3.8, 4) is 11.5 Å². The van der Waals surface area contributed by atoms with Crippen molar-refractivity contribution in [2.45, 2.75) is 78.7 Å². The molecule has 0 aliphatic carbocycles. The average molecular weight is 554 g/mol. The van der Waals surface area contributed by atoms with E-state index in [9.17, 15) is 19.2 Å². The molecule has 220 valence electrons. The van der Waals surface area contributed by atoms with Crippen LogP contribution in [0.15, 0.2) is 18.2 Å². The summed E-state index contributed by atoms with van der Waals surface area (Å²) in [6, 6.07) is 3.75. The van der Waals surface area contributed by atoms with E-state index in [0.29, 0.717) is 24.8 Å². The highest BCUT2D eigenvalue weighted by Gasteiger charge is 2.22. The number of ether oxygens (including phenoxy) is 6. The number of rotatable bonds is 18. The van der Waals surface area contributed by atoms with Gasteiger partial charge in [-0.3, -0.25) is 9.59 Å². The molecule has 0 fully saturated rings. The first kappa shape index (κ1) is 33.7. The van der Waals surface area contributed by atoms with Crippen molar-refractivity contribution in [2.24, 2.45) is 5.92 Å². The summed E-state index contributed by atoms with van der Waals surface area (Å²) in [5, 5.41) is 3.02. The van der Waals surface area contributed by atoms with Crippen LogP contribution in [0.5, 0.6) is 11.5 Å². The Bertz CT molecular complexity index is 904. The standard InChI is InChI=1S/C28H43NO10/c1-6-9-14-36-27(32)38-23-12-11-21(19-24(23)39-28(33)37-15-10-7-2)18-22(26(31)34-5)29-13-16-35-25(30)17-20(4)8-3/h11-12,19-20,22,29H,6-10,13-18H2,1-5H3/t20?,22-/m0/s1. The SMILES string of the molecule is CCCCOC(=O)Oc1ccc(C[C@H](NCCOC(=O)CC(C)CC)C(=O)OC)cc1OC(=O)OCCCC. The van der Waals surface area contributed by atoms with Gasteiger partial charge in [-0.05, 0) is 42.9 Å². The van der Waals surface area contributed by atoms with Crippen LogP contribution in [0.3, 0.4) is 0 Å². The van der Waals surface area contributed by atoms with Gasteiger partial charge < -0.3 is 33.7 Å². The molecule has 0 radical (unpaired) electrons. The Kier molecular flexibility index (Phi) is 17.0. The van der Waals surface area contributed by atoms with Gasteiger partial charge in [0.05, 0.1) is 20.3 Å². The molecular formula is C28H43NO10. The van der Waals surface area contributed by atoms with Crippen LogP contribution in [0.4, 0.5) is 9.59 Å². The molecule has 0 heterocycles. The fourth-order valence-corrected chi connectivity index (χ4v) is 3.18. The fourth-order valence-electron chi connectivity index (χ4n) is 3.18. The quantitative estimate of drug-likeness (QED) is 0.114. The number of benzene rings is 1. The third-order valence-corrected chi connectivity index (χ3v) is 5.72. The number of esters is 2. The number of unbranched alkanes of at least 4 members (excludes halogenated alkanes) is 2. The van der Waals surface area contributed by atoms with E-state index in [2.05, 4.69) is 5.32 Å². The lowest BCUT2D eigenvalue weighted by atomic mass is 10.1.